The molecule has 4 N–H and O–H groups in total. The van der Waals surface area contributed by atoms with E-state index in [1.165, 1.54) is 0 Å². The molecule has 0 atom stereocenters. The normalized spacial score (nSPS) is 10.8. The highest BCUT2D eigenvalue weighted by molar-refractivity contribution is 5.92. The van der Waals surface area contributed by atoms with E-state index in [4.69, 9.17) is 5.73 Å². The molecule has 1 amide bonds. The number of aryl methyl sites for hydroxylation is 1. The number of amides is 1. The number of nitrogens with two attached hydrogens (primary N) is 1. The summed E-state index contributed by atoms with van der Waals surface area (Å²) < 4.78 is 1.93. The maximum Gasteiger partial charge on any atom is 0.269 e. The Morgan fingerprint density at radius 2 is 2.03 bits per heavy atom. The van der Waals surface area contributed by atoms with Crippen LogP contribution in [-0.2, 0) is 0 Å². The summed E-state index contributed by atoms with van der Waals surface area (Å²) in [5.41, 5.74) is 9.15. The lowest BCUT2D eigenvalue weighted by Crippen LogP contribution is -2.23. The number of fused-ring (bicyclic) bond motifs is 1. The van der Waals surface area contributed by atoms with Gasteiger partial charge in [0.1, 0.15) is 28.7 Å². The van der Waals surface area contributed by atoms with Gasteiger partial charge in [-0.3, -0.25) is 9.20 Å². The van der Waals surface area contributed by atoms with E-state index in [0.29, 0.717) is 41.1 Å². The Hall–Kier alpha value is -4.01. The summed E-state index contributed by atoms with van der Waals surface area (Å²) in [6.45, 7) is 4.20. The van der Waals surface area contributed by atoms with E-state index in [2.05, 4.69) is 30.6 Å². The Kier molecular flexibility index (Phi) is 4.78. The molecule has 29 heavy (non-hydrogen) atoms. The predicted octanol–water partition coefficient (Wildman–Crippen LogP) is 2.57. The topological polar surface area (TPSA) is 123 Å². The van der Waals surface area contributed by atoms with Crippen molar-refractivity contribution in [3.63, 3.8) is 0 Å². The van der Waals surface area contributed by atoms with Gasteiger partial charge in [0.25, 0.3) is 5.91 Å². The lowest BCUT2D eigenvalue weighted by atomic mass is 10.2. The fraction of sp³-hybridized carbons (Fsp3) is 0.150. The molecule has 0 fully saturated rings. The van der Waals surface area contributed by atoms with E-state index in [-0.39, 0.29) is 5.91 Å². The first-order valence-corrected chi connectivity index (χ1v) is 9.15. The highest BCUT2D eigenvalue weighted by Crippen LogP contribution is 2.30. The SMILES string of the molecule is CCNC(=O)c1ccc(Nc2nc3ccccn3c2-c2cc(N)nc(C)n2)cn1. The maximum absolute atomic E-state index is 11.9. The molecule has 4 heterocycles. The van der Waals surface area contributed by atoms with Crippen molar-refractivity contribution in [3.05, 3.63) is 60.3 Å². The van der Waals surface area contributed by atoms with E-state index in [0.717, 1.165) is 11.3 Å². The molecular formula is C20H20N8O. The summed E-state index contributed by atoms with van der Waals surface area (Å²) >= 11 is 0. The molecule has 0 aromatic carbocycles. The number of nitrogens with zero attached hydrogens (tertiary/aromatic N) is 5. The van der Waals surface area contributed by atoms with Gasteiger partial charge in [-0.15, -0.1) is 0 Å². The number of imidazole rings is 1. The van der Waals surface area contributed by atoms with E-state index < -0.39 is 0 Å². The van der Waals surface area contributed by atoms with E-state index >= 15 is 0 Å². The first-order chi connectivity index (χ1) is 14.0. The van der Waals surface area contributed by atoms with Crippen molar-refractivity contribution in [2.45, 2.75) is 13.8 Å². The van der Waals surface area contributed by atoms with E-state index in [1.54, 1.807) is 31.3 Å². The molecule has 4 rings (SSSR count). The van der Waals surface area contributed by atoms with Crippen molar-refractivity contribution in [3.8, 4) is 11.4 Å². The molecule has 4 aromatic heterocycles. The molecule has 0 radical (unpaired) electrons. The van der Waals surface area contributed by atoms with Crippen LogP contribution in [0.5, 0.6) is 0 Å². The molecule has 0 aliphatic rings. The van der Waals surface area contributed by atoms with Crippen LogP contribution in [0.15, 0.2) is 48.8 Å². The van der Waals surface area contributed by atoms with Gasteiger partial charge in [-0.05, 0) is 38.1 Å². The fourth-order valence-electron chi connectivity index (χ4n) is 3.03. The smallest absolute Gasteiger partial charge is 0.269 e. The van der Waals surface area contributed by atoms with Crippen molar-refractivity contribution >= 4 is 28.9 Å². The van der Waals surface area contributed by atoms with Crippen molar-refractivity contribution < 1.29 is 4.79 Å². The Morgan fingerprint density at radius 3 is 2.76 bits per heavy atom. The third kappa shape index (κ3) is 3.70. The summed E-state index contributed by atoms with van der Waals surface area (Å²) in [5, 5.41) is 6.00. The molecule has 146 valence electrons. The standard InChI is InChI=1S/C20H20N8O/c1-3-22-20(29)14-8-7-13(11-23-14)26-19-18(15-10-16(21)25-12(2)24-15)28-9-5-4-6-17(28)27-19/h4-11,26H,3H2,1-2H3,(H,22,29)(H2,21,24,25). The van der Waals surface area contributed by atoms with Crippen molar-refractivity contribution in [1.29, 1.82) is 0 Å². The zero-order chi connectivity index (χ0) is 20.4. The van der Waals surface area contributed by atoms with Crippen LogP contribution in [0, 0.1) is 6.92 Å². The molecule has 9 heteroatoms. The molecule has 0 unspecified atom stereocenters. The van der Waals surface area contributed by atoms with Crippen LogP contribution in [0.4, 0.5) is 17.3 Å². The summed E-state index contributed by atoms with van der Waals surface area (Å²) in [6.07, 6.45) is 3.50. The molecule has 0 spiro atoms. The predicted molar refractivity (Wildman–Crippen MR) is 111 cm³/mol. The Balaban J connectivity index is 1.75. The van der Waals surface area contributed by atoms with Gasteiger partial charge in [0.05, 0.1) is 17.6 Å². The Labute approximate surface area is 167 Å². The first-order valence-electron chi connectivity index (χ1n) is 9.15. The monoisotopic (exact) mass is 388 g/mol. The molecule has 0 bridgehead atoms. The van der Waals surface area contributed by atoms with Gasteiger partial charge >= 0.3 is 0 Å². The van der Waals surface area contributed by atoms with Gasteiger partial charge in [0.2, 0.25) is 0 Å². The molecule has 0 aliphatic carbocycles. The van der Waals surface area contributed by atoms with Crippen LogP contribution in [0.3, 0.4) is 0 Å². The van der Waals surface area contributed by atoms with E-state index in [1.807, 2.05) is 35.7 Å². The first kappa shape index (κ1) is 18.4. The summed E-state index contributed by atoms with van der Waals surface area (Å²) in [5.74, 6) is 1.35. The van der Waals surface area contributed by atoms with Gasteiger partial charge in [0.15, 0.2) is 5.82 Å². The van der Waals surface area contributed by atoms with E-state index in [9.17, 15) is 4.79 Å². The number of carbonyl (C=O) groups is 1. The van der Waals surface area contributed by atoms with Crippen LogP contribution in [0.2, 0.25) is 0 Å². The second-order valence-corrected chi connectivity index (χ2v) is 6.38. The number of rotatable bonds is 5. The second kappa shape index (κ2) is 7.55. The van der Waals surface area contributed by atoms with Crippen LogP contribution in [0.25, 0.3) is 17.0 Å². The molecule has 4 aromatic rings. The minimum Gasteiger partial charge on any atom is -0.384 e. The minimum absolute atomic E-state index is 0.209. The zero-order valence-corrected chi connectivity index (χ0v) is 16.0. The third-order valence-corrected chi connectivity index (χ3v) is 4.23. The largest absolute Gasteiger partial charge is 0.384 e. The average Bonchev–Trinajstić information content (AvgIpc) is 3.05. The van der Waals surface area contributed by atoms with Crippen molar-refractivity contribution in [2.75, 3.05) is 17.6 Å². The van der Waals surface area contributed by atoms with Crippen LogP contribution in [0.1, 0.15) is 23.2 Å². The van der Waals surface area contributed by atoms with Gasteiger partial charge in [-0.25, -0.2) is 19.9 Å². The highest BCUT2D eigenvalue weighted by atomic mass is 16.1. The summed E-state index contributed by atoms with van der Waals surface area (Å²) in [4.78, 5) is 29.5. The molecular weight excluding hydrogens is 368 g/mol. The highest BCUT2D eigenvalue weighted by Gasteiger charge is 2.17. The number of pyridine rings is 2. The number of hydrogen-bond acceptors (Lipinski definition) is 7. The summed E-state index contributed by atoms with van der Waals surface area (Å²) in [7, 11) is 0. The lowest BCUT2D eigenvalue weighted by molar-refractivity contribution is 0.0951. The number of carbonyl (C=O) groups excluding carboxylic acids is 1. The van der Waals surface area contributed by atoms with Crippen LogP contribution in [-0.4, -0.2) is 36.8 Å². The Bertz CT molecular complexity index is 1160. The Morgan fingerprint density at radius 1 is 1.17 bits per heavy atom. The average molecular weight is 388 g/mol. The van der Waals surface area contributed by atoms with Crippen molar-refractivity contribution in [2.24, 2.45) is 0 Å². The van der Waals surface area contributed by atoms with Gasteiger partial charge in [0, 0.05) is 18.8 Å². The van der Waals surface area contributed by atoms with Crippen LogP contribution < -0.4 is 16.4 Å². The summed E-state index contributed by atoms with van der Waals surface area (Å²) in [6, 6.07) is 10.9. The maximum atomic E-state index is 11.9. The van der Waals surface area contributed by atoms with Gasteiger partial charge < -0.3 is 16.4 Å². The third-order valence-electron chi connectivity index (χ3n) is 4.23. The van der Waals surface area contributed by atoms with Gasteiger partial charge in [-0.1, -0.05) is 6.07 Å². The minimum atomic E-state index is -0.209. The van der Waals surface area contributed by atoms with Crippen molar-refractivity contribution in [1.82, 2.24) is 29.7 Å². The lowest BCUT2D eigenvalue weighted by Gasteiger charge is -2.09. The zero-order valence-electron chi connectivity index (χ0n) is 16.0. The quantitative estimate of drug-likeness (QED) is 0.480. The van der Waals surface area contributed by atoms with Gasteiger partial charge in [-0.2, -0.15) is 0 Å². The molecule has 9 nitrogen and oxygen atoms in total. The molecule has 0 aliphatic heterocycles. The second-order valence-electron chi connectivity index (χ2n) is 6.38. The number of nitrogen functional groups attached to an aromatic ring is 1. The number of hydrogen-bond donors (Lipinski definition) is 3. The number of anilines is 3. The van der Waals surface area contributed by atoms with Crippen LogP contribution >= 0.6 is 0 Å². The fourth-order valence-corrected chi connectivity index (χ4v) is 3.03. The number of aromatic nitrogens is 5. The molecule has 0 saturated carbocycles. The number of nitrogens with one attached hydrogen (secondary N) is 2. The molecule has 0 saturated heterocycles.